The van der Waals surface area contributed by atoms with E-state index in [0.29, 0.717) is 21.3 Å². The van der Waals surface area contributed by atoms with Crippen molar-refractivity contribution in [3.05, 3.63) is 69.0 Å². The molecule has 0 aromatic heterocycles. The van der Waals surface area contributed by atoms with E-state index in [0.717, 1.165) is 16.8 Å². The number of hydrogen-bond acceptors (Lipinski definition) is 6. The van der Waals surface area contributed by atoms with Crippen LogP contribution in [-0.2, 0) is 9.59 Å². The van der Waals surface area contributed by atoms with Crippen molar-refractivity contribution in [2.75, 3.05) is 6.61 Å². The van der Waals surface area contributed by atoms with Crippen molar-refractivity contribution in [2.24, 2.45) is 0 Å². The van der Waals surface area contributed by atoms with Crippen LogP contribution in [-0.4, -0.2) is 38.8 Å². The number of carbonyl (C=O) groups is 3. The maximum Gasteiger partial charge on any atom is 0.341 e. The number of thiocarbonyl (C=S) groups is 1. The number of para-hydroxylation sites is 1. The van der Waals surface area contributed by atoms with Crippen molar-refractivity contribution >= 4 is 68.1 Å². The summed E-state index contributed by atoms with van der Waals surface area (Å²) in [5.41, 5.74) is 3.39. The third-order valence-corrected chi connectivity index (χ3v) is 5.68. The summed E-state index contributed by atoms with van der Waals surface area (Å²) in [6.07, 6.45) is 1.54. The quantitative estimate of drug-likeness (QED) is 0.470. The maximum absolute atomic E-state index is 12.7. The lowest BCUT2D eigenvalue weighted by Crippen LogP contribution is -2.44. The summed E-state index contributed by atoms with van der Waals surface area (Å²) in [6.45, 7) is -0.506. The van der Waals surface area contributed by atoms with Gasteiger partial charge in [0.15, 0.2) is 10.9 Å². The number of aliphatic carboxylic acids is 1. The zero-order chi connectivity index (χ0) is 21.0. The number of thioether (sulfide) groups is 1. The SMILES string of the molecule is O=C(O)COc1ccccc1/C=C1/SC(=S)N(NC(=O)c2ccccc2Br)C1=O. The number of carboxylic acid groups (broad SMARTS) is 1. The van der Waals surface area contributed by atoms with Crippen LogP contribution in [0.2, 0.25) is 0 Å². The van der Waals surface area contributed by atoms with E-state index in [1.54, 1.807) is 54.6 Å². The second kappa shape index (κ2) is 9.21. The molecule has 0 unspecified atom stereocenters. The highest BCUT2D eigenvalue weighted by molar-refractivity contribution is 9.10. The van der Waals surface area contributed by atoms with Crippen LogP contribution in [0.4, 0.5) is 0 Å². The molecular weight excluding hydrogens is 480 g/mol. The Balaban J connectivity index is 1.80. The van der Waals surface area contributed by atoms with Crippen molar-refractivity contribution in [2.45, 2.75) is 0 Å². The smallest absolute Gasteiger partial charge is 0.341 e. The van der Waals surface area contributed by atoms with Crippen LogP contribution in [0.25, 0.3) is 6.08 Å². The Morgan fingerprint density at radius 3 is 2.62 bits per heavy atom. The van der Waals surface area contributed by atoms with Crippen LogP contribution in [0.3, 0.4) is 0 Å². The van der Waals surface area contributed by atoms with Gasteiger partial charge in [-0.05, 0) is 52.4 Å². The number of hydrogen-bond donors (Lipinski definition) is 2. The molecule has 0 atom stereocenters. The molecular formula is C19H13BrN2O5S2. The molecule has 1 fully saturated rings. The van der Waals surface area contributed by atoms with Crippen molar-refractivity contribution in [1.29, 1.82) is 0 Å². The normalized spacial score (nSPS) is 14.9. The molecule has 10 heteroatoms. The van der Waals surface area contributed by atoms with Crippen molar-refractivity contribution < 1.29 is 24.2 Å². The lowest BCUT2D eigenvalue weighted by atomic mass is 10.2. The summed E-state index contributed by atoms with van der Waals surface area (Å²) in [5.74, 6) is -1.77. The van der Waals surface area contributed by atoms with Crippen molar-refractivity contribution in [1.82, 2.24) is 10.4 Å². The highest BCUT2D eigenvalue weighted by Crippen LogP contribution is 2.33. The van der Waals surface area contributed by atoms with E-state index in [9.17, 15) is 14.4 Å². The van der Waals surface area contributed by atoms with E-state index in [2.05, 4.69) is 21.4 Å². The Bertz CT molecular complexity index is 1040. The standard InChI is InChI=1S/C19H13BrN2O5S2/c20-13-7-3-2-6-12(13)17(25)21-22-18(26)15(29-19(22)28)9-11-5-1-4-8-14(11)27-10-16(23)24/h1-9H,10H2,(H,21,25)(H,23,24)/b15-9+. The zero-order valence-corrected chi connectivity index (χ0v) is 17.8. The number of ether oxygens (including phenoxy) is 1. The van der Waals surface area contributed by atoms with E-state index in [1.165, 1.54) is 0 Å². The highest BCUT2D eigenvalue weighted by atomic mass is 79.9. The molecule has 7 nitrogen and oxygen atoms in total. The van der Waals surface area contributed by atoms with Gasteiger partial charge in [-0.15, -0.1) is 0 Å². The molecule has 2 aromatic carbocycles. The fourth-order valence-electron chi connectivity index (χ4n) is 2.38. The zero-order valence-electron chi connectivity index (χ0n) is 14.6. The molecule has 1 heterocycles. The summed E-state index contributed by atoms with van der Waals surface area (Å²) < 4.78 is 6.01. The van der Waals surface area contributed by atoms with E-state index in [4.69, 9.17) is 22.1 Å². The fourth-order valence-corrected chi connectivity index (χ4v) is 4.02. The monoisotopic (exact) mass is 492 g/mol. The number of nitrogens with zero attached hydrogens (tertiary/aromatic N) is 1. The molecule has 1 saturated heterocycles. The number of carbonyl (C=O) groups excluding carboxylic acids is 2. The molecule has 0 saturated carbocycles. The second-order valence-corrected chi connectivity index (χ2v) is 8.19. The van der Waals surface area contributed by atoms with Gasteiger partial charge >= 0.3 is 5.97 Å². The van der Waals surface area contributed by atoms with Gasteiger partial charge in [-0.3, -0.25) is 15.0 Å². The Kier molecular flexibility index (Phi) is 6.68. The number of hydrazine groups is 1. The van der Waals surface area contributed by atoms with Crippen LogP contribution >= 0.6 is 39.9 Å². The van der Waals surface area contributed by atoms with Gasteiger partial charge in [0, 0.05) is 10.0 Å². The molecule has 29 heavy (non-hydrogen) atoms. The third-order valence-electron chi connectivity index (χ3n) is 3.68. The van der Waals surface area contributed by atoms with Crippen molar-refractivity contribution in [3.63, 3.8) is 0 Å². The number of carboxylic acids is 1. The van der Waals surface area contributed by atoms with E-state index in [1.807, 2.05) is 0 Å². The van der Waals surface area contributed by atoms with Crippen LogP contribution in [0.5, 0.6) is 5.75 Å². The highest BCUT2D eigenvalue weighted by Gasteiger charge is 2.34. The predicted molar refractivity (Wildman–Crippen MR) is 116 cm³/mol. The molecule has 0 aliphatic carbocycles. The lowest BCUT2D eigenvalue weighted by molar-refractivity contribution is -0.139. The van der Waals surface area contributed by atoms with Crippen LogP contribution in [0.1, 0.15) is 15.9 Å². The molecule has 2 amide bonds. The average molecular weight is 493 g/mol. The number of benzene rings is 2. The number of rotatable bonds is 6. The Hall–Kier alpha value is -2.69. The number of halogens is 1. The number of amides is 2. The minimum Gasteiger partial charge on any atom is -0.481 e. The molecule has 0 bridgehead atoms. The largest absolute Gasteiger partial charge is 0.481 e. The molecule has 0 spiro atoms. The Morgan fingerprint density at radius 1 is 1.21 bits per heavy atom. The van der Waals surface area contributed by atoms with Gasteiger partial charge in [0.25, 0.3) is 11.8 Å². The predicted octanol–water partition coefficient (Wildman–Crippen LogP) is 3.46. The van der Waals surface area contributed by atoms with Crippen LogP contribution in [0, 0.1) is 0 Å². The van der Waals surface area contributed by atoms with Gasteiger partial charge < -0.3 is 9.84 Å². The van der Waals surface area contributed by atoms with Crippen molar-refractivity contribution in [3.8, 4) is 5.75 Å². The lowest BCUT2D eigenvalue weighted by Gasteiger charge is -2.16. The van der Waals surface area contributed by atoms with E-state index in [-0.39, 0.29) is 9.23 Å². The first-order valence-electron chi connectivity index (χ1n) is 8.14. The Labute approximate surface area is 183 Å². The van der Waals surface area contributed by atoms with Gasteiger partial charge in [-0.25, -0.2) is 4.79 Å². The average Bonchev–Trinajstić information content (AvgIpc) is 2.95. The molecule has 148 valence electrons. The summed E-state index contributed by atoms with van der Waals surface area (Å²) >= 11 is 9.54. The van der Waals surface area contributed by atoms with Crippen LogP contribution in [0.15, 0.2) is 57.9 Å². The van der Waals surface area contributed by atoms with Gasteiger partial charge in [0.05, 0.1) is 10.5 Å². The molecule has 2 aromatic rings. The first-order chi connectivity index (χ1) is 13.9. The Morgan fingerprint density at radius 2 is 1.90 bits per heavy atom. The van der Waals surface area contributed by atoms with Crippen LogP contribution < -0.4 is 10.2 Å². The first kappa shape index (κ1) is 21.0. The number of nitrogens with one attached hydrogen (secondary N) is 1. The summed E-state index contributed by atoms with van der Waals surface area (Å²) in [4.78, 5) is 36.2. The topological polar surface area (TPSA) is 95.9 Å². The second-order valence-electron chi connectivity index (χ2n) is 5.66. The molecule has 0 radical (unpaired) electrons. The van der Waals surface area contributed by atoms with E-state index < -0.39 is 24.4 Å². The summed E-state index contributed by atoms with van der Waals surface area (Å²) in [5, 5.41) is 9.80. The molecule has 1 aliphatic rings. The van der Waals surface area contributed by atoms with E-state index >= 15 is 0 Å². The maximum atomic E-state index is 12.7. The molecule has 1 aliphatic heterocycles. The summed E-state index contributed by atoms with van der Waals surface area (Å²) in [7, 11) is 0. The minimum atomic E-state index is -1.11. The van der Waals surface area contributed by atoms with Gasteiger partial charge in [-0.2, -0.15) is 5.01 Å². The van der Waals surface area contributed by atoms with Gasteiger partial charge in [-0.1, -0.05) is 42.1 Å². The summed E-state index contributed by atoms with van der Waals surface area (Å²) in [6, 6.07) is 13.5. The third kappa shape index (κ3) is 5.03. The minimum absolute atomic E-state index is 0.172. The fraction of sp³-hybridized carbons (Fsp3) is 0.0526. The molecule has 2 N–H and O–H groups in total. The van der Waals surface area contributed by atoms with Gasteiger partial charge in [0.2, 0.25) is 0 Å². The van der Waals surface area contributed by atoms with Gasteiger partial charge in [0.1, 0.15) is 5.75 Å². The molecule has 3 rings (SSSR count). The first-order valence-corrected chi connectivity index (χ1v) is 10.2.